The zero-order valence-electron chi connectivity index (χ0n) is 8.88. The number of aliphatic imine (C=N–C) groups is 1. The van der Waals surface area contributed by atoms with Gasteiger partial charge < -0.3 is 4.42 Å². The minimum absolute atomic E-state index is 0.749. The molecule has 1 aromatic heterocycles. The van der Waals surface area contributed by atoms with E-state index in [-0.39, 0.29) is 0 Å². The zero-order chi connectivity index (χ0) is 12.4. The molecule has 0 N–H and O–H groups in total. The Morgan fingerprint density at radius 3 is 2.65 bits per heavy atom. The van der Waals surface area contributed by atoms with Gasteiger partial charge in [0.2, 0.25) is 0 Å². The van der Waals surface area contributed by atoms with E-state index in [4.69, 9.17) is 4.42 Å². The van der Waals surface area contributed by atoms with Crippen LogP contribution in [0.4, 0.5) is 5.69 Å². The van der Waals surface area contributed by atoms with Crippen LogP contribution in [-0.2, 0) is 0 Å². The second kappa shape index (κ2) is 5.83. The van der Waals surface area contributed by atoms with Gasteiger partial charge >= 0.3 is 0 Å². The maximum absolute atomic E-state index is 5.49. The van der Waals surface area contributed by atoms with Crippen LogP contribution in [0, 0.1) is 14.3 Å². The lowest BCUT2D eigenvalue weighted by Gasteiger charge is -1.99. The number of halogens is 3. The van der Waals surface area contributed by atoms with Gasteiger partial charge in [-0.05, 0) is 69.2 Å². The van der Waals surface area contributed by atoms with Gasteiger partial charge in [-0.3, -0.25) is 4.99 Å². The van der Waals surface area contributed by atoms with Gasteiger partial charge in [0.05, 0.1) is 16.4 Å². The smallest absolute Gasteiger partial charge is 0.178 e. The number of aryl methyl sites for hydroxylation is 1. The average molecular weight is 516 g/mol. The lowest BCUT2D eigenvalue weighted by atomic mass is 10.2. The van der Waals surface area contributed by atoms with Gasteiger partial charge in [0.1, 0.15) is 5.76 Å². The predicted molar refractivity (Wildman–Crippen MR) is 90.3 cm³/mol. The van der Waals surface area contributed by atoms with Crippen LogP contribution in [0.15, 0.2) is 38.1 Å². The van der Waals surface area contributed by atoms with E-state index in [0.29, 0.717) is 0 Å². The van der Waals surface area contributed by atoms with Gasteiger partial charge in [-0.1, -0.05) is 0 Å². The van der Waals surface area contributed by atoms with Crippen molar-refractivity contribution in [1.82, 2.24) is 0 Å². The molecule has 0 spiro atoms. The molecule has 1 heterocycles. The fourth-order valence-electron chi connectivity index (χ4n) is 1.32. The second-order valence-electron chi connectivity index (χ2n) is 3.46. The van der Waals surface area contributed by atoms with Crippen LogP contribution in [0.25, 0.3) is 0 Å². The summed E-state index contributed by atoms with van der Waals surface area (Å²) in [5.74, 6) is 0.749. The number of hydrogen-bond donors (Lipinski definition) is 0. The normalized spacial score (nSPS) is 11.3. The maximum atomic E-state index is 5.49. The van der Waals surface area contributed by atoms with Crippen molar-refractivity contribution in [3.63, 3.8) is 0 Å². The number of benzene rings is 1. The first-order valence-corrected chi connectivity index (χ1v) is 7.76. The highest BCUT2D eigenvalue weighted by Crippen LogP contribution is 2.24. The molecule has 0 unspecified atom stereocenters. The number of furan rings is 1. The molecule has 5 heteroatoms. The lowest BCUT2D eigenvalue weighted by Crippen LogP contribution is -1.79. The van der Waals surface area contributed by atoms with Crippen molar-refractivity contribution in [3.8, 4) is 0 Å². The molecule has 0 aliphatic heterocycles. The molecule has 0 saturated carbocycles. The third kappa shape index (κ3) is 3.54. The molecule has 17 heavy (non-hydrogen) atoms. The summed E-state index contributed by atoms with van der Waals surface area (Å²) in [4.78, 5) is 4.43. The maximum Gasteiger partial charge on any atom is 0.178 e. The molecule has 0 atom stereocenters. The number of hydrogen-bond acceptors (Lipinski definition) is 2. The van der Waals surface area contributed by atoms with Crippen molar-refractivity contribution < 1.29 is 4.42 Å². The van der Waals surface area contributed by atoms with E-state index in [0.717, 1.165) is 25.3 Å². The number of rotatable bonds is 2. The Morgan fingerprint density at radius 1 is 1.29 bits per heavy atom. The summed E-state index contributed by atoms with van der Waals surface area (Å²) < 4.78 is 8.50. The van der Waals surface area contributed by atoms with E-state index < -0.39 is 0 Å². The quantitative estimate of drug-likeness (QED) is 0.393. The van der Waals surface area contributed by atoms with Crippen LogP contribution in [0.1, 0.15) is 11.3 Å². The standard InChI is InChI=1S/C12H8BrI2NO/c1-7-4-8(14)2-3-11(7)16-6-9-5-10(13)12(15)17-9/h2-6H,1H3. The SMILES string of the molecule is Cc1cc(I)ccc1N=Cc1cc(Br)c(I)o1. The van der Waals surface area contributed by atoms with Crippen molar-refractivity contribution in [2.24, 2.45) is 4.99 Å². The zero-order valence-corrected chi connectivity index (χ0v) is 14.8. The molecule has 0 aliphatic carbocycles. The Balaban J connectivity index is 2.25. The number of nitrogens with zero attached hydrogens (tertiary/aromatic N) is 1. The van der Waals surface area contributed by atoms with Crippen LogP contribution < -0.4 is 0 Å². The van der Waals surface area contributed by atoms with Crippen molar-refractivity contribution in [2.45, 2.75) is 6.92 Å². The molecule has 2 nitrogen and oxygen atoms in total. The Hall–Kier alpha value is 0.110. The predicted octanol–water partition coefficient (Wildman–Crippen LogP) is 5.31. The van der Waals surface area contributed by atoms with Gasteiger partial charge in [0, 0.05) is 32.2 Å². The molecule has 2 rings (SSSR count). The van der Waals surface area contributed by atoms with Crippen LogP contribution in [0.5, 0.6) is 0 Å². The van der Waals surface area contributed by atoms with Crippen LogP contribution >= 0.6 is 61.1 Å². The Bertz CT molecular complexity index is 558. The van der Waals surface area contributed by atoms with E-state index in [9.17, 15) is 0 Å². The van der Waals surface area contributed by atoms with Crippen molar-refractivity contribution >= 4 is 73.0 Å². The molecule has 2 aromatic rings. The summed E-state index contributed by atoms with van der Waals surface area (Å²) in [7, 11) is 0. The van der Waals surface area contributed by atoms with Crippen LogP contribution in [0.2, 0.25) is 0 Å². The molecule has 1 aromatic carbocycles. The summed E-state index contributed by atoms with van der Waals surface area (Å²) in [5.41, 5.74) is 2.13. The van der Waals surface area contributed by atoms with Crippen LogP contribution in [-0.4, -0.2) is 6.21 Å². The van der Waals surface area contributed by atoms with Gasteiger partial charge in [-0.2, -0.15) is 0 Å². The van der Waals surface area contributed by atoms with E-state index in [1.54, 1.807) is 6.21 Å². The first-order chi connectivity index (χ1) is 8.06. The largest absolute Gasteiger partial charge is 0.448 e. The molecule has 0 amide bonds. The van der Waals surface area contributed by atoms with Crippen molar-refractivity contribution in [1.29, 1.82) is 0 Å². The summed E-state index contributed by atoms with van der Waals surface area (Å²) in [6.45, 7) is 2.05. The average Bonchev–Trinajstić information content (AvgIpc) is 2.57. The minimum Gasteiger partial charge on any atom is -0.448 e. The van der Waals surface area contributed by atoms with E-state index in [1.807, 2.05) is 18.2 Å². The highest BCUT2D eigenvalue weighted by molar-refractivity contribution is 14.1. The first kappa shape index (κ1) is 13.5. The molecular formula is C12H8BrI2NO. The third-order valence-electron chi connectivity index (χ3n) is 2.15. The van der Waals surface area contributed by atoms with Gasteiger partial charge in [-0.25, -0.2) is 0 Å². The highest BCUT2D eigenvalue weighted by Gasteiger charge is 2.03. The monoisotopic (exact) mass is 515 g/mol. The fourth-order valence-corrected chi connectivity index (χ4v) is 2.69. The van der Waals surface area contributed by atoms with Crippen molar-refractivity contribution in [3.05, 3.63) is 47.4 Å². The summed E-state index contributed by atoms with van der Waals surface area (Å²) in [5, 5.41) is 0. The molecule has 88 valence electrons. The minimum atomic E-state index is 0.749. The fraction of sp³-hybridized carbons (Fsp3) is 0.0833. The van der Waals surface area contributed by atoms with E-state index in [1.165, 1.54) is 3.57 Å². The summed E-state index contributed by atoms with van der Waals surface area (Å²) in [6.07, 6.45) is 1.74. The lowest BCUT2D eigenvalue weighted by molar-refractivity contribution is 0.530. The molecular weight excluding hydrogens is 508 g/mol. The summed E-state index contributed by atoms with van der Waals surface area (Å²) in [6, 6.07) is 8.07. The molecule has 0 fully saturated rings. The van der Waals surface area contributed by atoms with Gasteiger partial charge in [-0.15, -0.1) is 0 Å². The Labute approximate surface area is 135 Å². The highest BCUT2D eigenvalue weighted by atomic mass is 127. The third-order valence-corrected chi connectivity index (χ3v) is 4.96. The van der Waals surface area contributed by atoms with E-state index >= 15 is 0 Å². The van der Waals surface area contributed by atoms with Gasteiger partial charge in [0.15, 0.2) is 3.77 Å². The second-order valence-corrected chi connectivity index (χ2v) is 6.54. The van der Waals surface area contributed by atoms with Gasteiger partial charge in [0.25, 0.3) is 0 Å². The Morgan fingerprint density at radius 2 is 2.06 bits per heavy atom. The van der Waals surface area contributed by atoms with Crippen molar-refractivity contribution in [2.75, 3.05) is 0 Å². The van der Waals surface area contributed by atoms with E-state index in [2.05, 4.69) is 79.1 Å². The summed E-state index contributed by atoms with van der Waals surface area (Å²) >= 11 is 7.83. The topological polar surface area (TPSA) is 25.5 Å². The molecule has 0 aliphatic rings. The molecule has 0 bridgehead atoms. The van der Waals surface area contributed by atoms with Crippen LogP contribution in [0.3, 0.4) is 0 Å². The molecule has 0 saturated heterocycles. The Kier molecular flexibility index (Phi) is 4.65. The molecule has 0 radical (unpaired) electrons. The first-order valence-electron chi connectivity index (χ1n) is 4.81.